The van der Waals surface area contributed by atoms with Crippen LogP contribution in [0.4, 0.5) is 0 Å². The van der Waals surface area contributed by atoms with Gasteiger partial charge in [-0.2, -0.15) is 0 Å². The second kappa shape index (κ2) is 5.12. The Kier molecular flexibility index (Phi) is 3.73. The topological polar surface area (TPSA) is 105 Å². The molecule has 0 saturated heterocycles. The van der Waals surface area contributed by atoms with Crippen molar-refractivity contribution in [3.8, 4) is 5.75 Å². The largest absolute Gasteiger partial charge is 0.780 e. The van der Waals surface area contributed by atoms with Crippen molar-refractivity contribution in [3.63, 3.8) is 0 Å². The molecule has 2 aromatic rings. The summed E-state index contributed by atoms with van der Waals surface area (Å²) in [6.45, 7) is 0.869. The number of aromatic amines is 1. The van der Waals surface area contributed by atoms with Crippen LogP contribution in [0.15, 0.2) is 24.4 Å². The number of aromatic nitrogens is 1. The van der Waals surface area contributed by atoms with Gasteiger partial charge in [0, 0.05) is 23.5 Å². The van der Waals surface area contributed by atoms with Crippen molar-refractivity contribution in [1.82, 2.24) is 4.98 Å². The molecule has 0 radical (unpaired) electrons. The second-order valence-corrected chi connectivity index (χ2v) is 5.06. The van der Waals surface area contributed by atoms with E-state index in [1.807, 2.05) is 24.6 Å². The van der Waals surface area contributed by atoms with Crippen LogP contribution in [0, 0.1) is 0 Å². The maximum Gasteiger partial charge on any atom is 0.133 e. The van der Waals surface area contributed by atoms with E-state index in [-0.39, 0.29) is 5.75 Å². The molecule has 0 aliphatic carbocycles. The molecule has 0 bridgehead atoms. The molecule has 2 rings (SSSR count). The monoisotopic (exact) mass is 269 g/mol. The van der Waals surface area contributed by atoms with Crippen molar-refractivity contribution in [3.05, 3.63) is 30.0 Å². The highest BCUT2D eigenvalue weighted by Crippen LogP contribution is 2.36. The molecule has 0 spiro atoms. The van der Waals surface area contributed by atoms with Crippen molar-refractivity contribution < 1.29 is 24.2 Å². The average molecular weight is 269 g/mol. The third kappa shape index (κ3) is 2.91. The Hall–Kier alpha value is -1.33. The predicted molar refractivity (Wildman–Crippen MR) is 63.0 cm³/mol. The van der Waals surface area contributed by atoms with Gasteiger partial charge in [0.1, 0.15) is 13.6 Å². The molecular formula is C11H14N2O4P-. The minimum Gasteiger partial charge on any atom is -0.780 e. The normalized spacial score (nSPS) is 11.9. The Morgan fingerprint density at radius 3 is 2.89 bits per heavy atom. The van der Waals surface area contributed by atoms with Gasteiger partial charge in [-0.1, -0.05) is 6.07 Å². The molecule has 18 heavy (non-hydrogen) atoms. The van der Waals surface area contributed by atoms with Crippen LogP contribution in [0.5, 0.6) is 5.75 Å². The molecule has 1 aromatic heterocycles. The first-order valence-electron chi connectivity index (χ1n) is 5.59. The summed E-state index contributed by atoms with van der Waals surface area (Å²) >= 11 is 0. The smallest absolute Gasteiger partial charge is 0.133 e. The van der Waals surface area contributed by atoms with Crippen LogP contribution in [0.25, 0.3) is 10.9 Å². The number of fused-ring (bicyclic) bond motifs is 1. The lowest BCUT2D eigenvalue weighted by molar-refractivity contribution is -0.626. The number of likely N-dealkylation sites (N-methyl/N-ethyl adjacent to an activating group) is 1. The first-order valence-corrected chi connectivity index (χ1v) is 7.06. The zero-order chi connectivity index (χ0) is 13.2. The van der Waals surface area contributed by atoms with Gasteiger partial charge in [0.15, 0.2) is 0 Å². The molecule has 7 heteroatoms. The number of quaternary nitrogens is 1. The fourth-order valence-electron chi connectivity index (χ4n) is 1.91. The second-order valence-electron chi connectivity index (χ2n) is 3.98. The van der Waals surface area contributed by atoms with Gasteiger partial charge < -0.3 is 29.2 Å². The van der Waals surface area contributed by atoms with Gasteiger partial charge >= 0.3 is 0 Å². The number of nitrogens with one attached hydrogen (secondary N) is 1. The number of rotatable bonds is 5. The first kappa shape index (κ1) is 13.1. The highest BCUT2D eigenvalue weighted by Gasteiger charge is 2.10. The van der Waals surface area contributed by atoms with Gasteiger partial charge in [0.05, 0.1) is 13.6 Å². The summed E-state index contributed by atoms with van der Waals surface area (Å²) in [5.41, 5.74) is 1.69. The molecule has 0 aliphatic rings. The van der Waals surface area contributed by atoms with E-state index in [9.17, 15) is 14.4 Å². The van der Waals surface area contributed by atoms with E-state index >= 15 is 0 Å². The van der Waals surface area contributed by atoms with Gasteiger partial charge in [-0.15, -0.1) is 0 Å². The van der Waals surface area contributed by atoms with E-state index < -0.39 is 7.82 Å². The number of benzene rings is 1. The van der Waals surface area contributed by atoms with Crippen molar-refractivity contribution in [2.75, 3.05) is 13.6 Å². The molecule has 0 atom stereocenters. The average Bonchev–Trinajstić information content (AvgIpc) is 2.68. The van der Waals surface area contributed by atoms with Crippen LogP contribution in [-0.4, -0.2) is 18.6 Å². The lowest BCUT2D eigenvalue weighted by Crippen LogP contribution is -2.80. The summed E-state index contributed by atoms with van der Waals surface area (Å²) in [6, 6.07) is 4.93. The highest BCUT2D eigenvalue weighted by atomic mass is 31.2. The van der Waals surface area contributed by atoms with E-state index in [0.717, 1.165) is 24.0 Å². The summed E-state index contributed by atoms with van der Waals surface area (Å²) < 4.78 is 15.2. The summed E-state index contributed by atoms with van der Waals surface area (Å²) in [5.74, 6) is 0.0909. The molecule has 6 nitrogen and oxygen atoms in total. The van der Waals surface area contributed by atoms with Crippen LogP contribution in [0.1, 0.15) is 5.56 Å². The summed E-state index contributed by atoms with van der Waals surface area (Å²) in [4.78, 5) is 24.5. The molecule has 98 valence electrons. The summed E-state index contributed by atoms with van der Waals surface area (Å²) in [5, 5.41) is 2.68. The van der Waals surface area contributed by atoms with E-state index in [2.05, 4.69) is 9.51 Å². The lowest BCUT2D eigenvalue weighted by Gasteiger charge is -2.29. The Balaban J connectivity index is 2.45. The molecular weight excluding hydrogens is 255 g/mol. The van der Waals surface area contributed by atoms with Crippen LogP contribution in [-0.2, 0) is 11.0 Å². The molecule has 0 fully saturated rings. The number of hydrogen-bond donors (Lipinski definition) is 2. The van der Waals surface area contributed by atoms with Gasteiger partial charge in [0.2, 0.25) is 0 Å². The van der Waals surface area contributed by atoms with E-state index in [0.29, 0.717) is 5.39 Å². The zero-order valence-corrected chi connectivity index (χ0v) is 10.8. The quantitative estimate of drug-likeness (QED) is 0.687. The fourth-order valence-corrected chi connectivity index (χ4v) is 2.31. The molecule has 0 amide bonds. The Morgan fingerprint density at radius 1 is 1.44 bits per heavy atom. The fraction of sp³-hybridized carbons (Fsp3) is 0.273. The van der Waals surface area contributed by atoms with Gasteiger partial charge in [-0.05, 0) is 17.7 Å². The van der Waals surface area contributed by atoms with Crippen molar-refractivity contribution in [2.45, 2.75) is 6.42 Å². The number of nitrogens with two attached hydrogens (primary N) is 1. The standard InChI is InChI=1S/C11H15N2O4P/c1-12-6-5-8-7-13-9-3-2-4-10(11(8)9)17-18(14,15)16/h2-4,7,12-13H,5-6H2,1H3,(H2,14,15,16)/p-1. The van der Waals surface area contributed by atoms with Crippen LogP contribution < -0.4 is 19.6 Å². The van der Waals surface area contributed by atoms with Crippen molar-refractivity contribution in [1.29, 1.82) is 0 Å². The molecule has 1 heterocycles. The third-order valence-electron chi connectivity index (χ3n) is 2.66. The van der Waals surface area contributed by atoms with Gasteiger partial charge in [-0.3, -0.25) is 0 Å². The van der Waals surface area contributed by atoms with E-state index in [4.69, 9.17) is 0 Å². The van der Waals surface area contributed by atoms with E-state index in [1.165, 1.54) is 6.07 Å². The Labute approximate surface area is 104 Å². The SMILES string of the molecule is C[NH2+]CCc1c[nH]c2cccc(OP(=O)([O-])[O-])c12. The molecule has 0 saturated carbocycles. The maximum atomic E-state index is 10.7. The first-order chi connectivity index (χ1) is 8.51. The number of phosphoric ester groups is 1. The maximum absolute atomic E-state index is 10.7. The third-order valence-corrected chi connectivity index (χ3v) is 3.08. The number of hydrogen-bond acceptors (Lipinski definition) is 4. The molecule has 0 unspecified atom stereocenters. The van der Waals surface area contributed by atoms with E-state index in [1.54, 1.807) is 6.07 Å². The minimum absolute atomic E-state index is 0.0909. The molecule has 0 aliphatic heterocycles. The van der Waals surface area contributed by atoms with Crippen molar-refractivity contribution >= 4 is 18.7 Å². The highest BCUT2D eigenvalue weighted by molar-refractivity contribution is 7.43. The predicted octanol–water partition coefficient (Wildman–Crippen LogP) is -0.889. The lowest BCUT2D eigenvalue weighted by atomic mass is 10.1. The van der Waals surface area contributed by atoms with Gasteiger partial charge in [-0.25, -0.2) is 0 Å². The minimum atomic E-state index is -5.04. The van der Waals surface area contributed by atoms with Crippen LogP contribution >= 0.6 is 7.82 Å². The Morgan fingerprint density at radius 2 is 2.22 bits per heavy atom. The number of phosphoric acid groups is 1. The van der Waals surface area contributed by atoms with Crippen molar-refractivity contribution in [2.24, 2.45) is 0 Å². The molecule has 3 N–H and O–H groups in total. The van der Waals surface area contributed by atoms with Crippen LogP contribution in [0.3, 0.4) is 0 Å². The molecule has 1 aromatic carbocycles. The van der Waals surface area contributed by atoms with Gasteiger partial charge in [0.25, 0.3) is 0 Å². The van der Waals surface area contributed by atoms with Crippen LogP contribution in [0.2, 0.25) is 0 Å². The Bertz CT molecular complexity index is 590. The number of H-pyrrole nitrogens is 1. The summed E-state index contributed by atoms with van der Waals surface area (Å²) in [6.07, 6.45) is 2.57. The zero-order valence-electron chi connectivity index (χ0n) is 9.88. The summed E-state index contributed by atoms with van der Waals surface area (Å²) in [7, 11) is -3.08.